The predicted molar refractivity (Wildman–Crippen MR) is 72.6 cm³/mol. The summed E-state index contributed by atoms with van der Waals surface area (Å²) in [7, 11) is 0. The molecular formula is C15H22N2. The van der Waals surface area contributed by atoms with E-state index in [9.17, 15) is 0 Å². The van der Waals surface area contributed by atoms with Crippen LogP contribution in [0, 0.1) is 6.92 Å². The summed E-state index contributed by atoms with van der Waals surface area (Å²) in [5, 5.41) is 3.75. The summed E-state index contributed by atoms with van der Waals surface area (Å²) in [6, 6.07) is 7.31. The van der Waals surface area contributed by atoms with Crippen LogP contribution in [0.3, 0.4) is 0 Å². The summed E-state index contributed by atoms with van der Waals surface area (Å²) >= 11 is 0. The minimum absolute atomic E-state index is 0.654. The van der Waals surface area contributed by atoms with Gasteiger partial charge < -0.3 is 10.2 Å². The van der Waals surface area contributed by atoms with Gasteiger partial charge in [0.05, 0.1) is 0 Å². The summed E-state index contributed by atoms with van der Waals surface area (Å²) in [6.45, 7) is 6.05. The Kier molecular flexibility index (Phi) is 3.06. The van der Waals surface area contributed by atoms with Crippen LogP contribution in [0.5, 0.6) is 0 Å². The first-order valence-electron chi connectivity index (χ1n) is 6.90. The molecule has 2 nitrogen and oxygen atoms in total. The Bertz CT molecular complexity index is 394. The fraction of sp³-hybridized carbons (Fsp3) is 0.600. The molecule has 0 spiro atoms. The van der Waals surface area contributed by atoms with Crippen LogP contribution >= 0.6 is 0 Å². The Morgan fingerprint density at radius 1 is 1.29 bits per heavy atom. The zero-order valence-corrected chi connectivity index (χ0v) is 10.7. The Labute approximate surface area is 104 Å². The summed E-state index contributed by atoms with van der Waals surface area (Å²) in [5.74, 6) is 0. The molecule has 0 aliphatic carbocycles. The van der Waals surface area contributed by atoms with Crippen molar-refractivity contribution in [2.75, 3.05) is 25.0 Å². The van der Waals surface area contributed by atoms with Crippen LogP contribution < -0.4 is 5.32 Å². The maximum Gasteiger partial charge on any atom is 0.0405 e. The van der Waals surface area contributed by atoms with E-state index >= 15 is 0 Å². The number of rotatable bonds is 2. The third-order valence-corrected chi connectivity index (χ3v) is 4.15. The highest BCUT2D eigenvalue weighted by Gasteiger charge is 2.22. The van der Waals surface area contributed by atoms with Gasteiger partial charge in [-0.3, -0.25) is 0 Å². The molecule has 2 aliphatic heterocycles. The molecule has 2 heteroatoms. The topological polar surface area (TPSA) is 15.3 Å². The standard InChI is InChI=1S/C15H22N2/c1-12-5-4-6-13-7-8-14(16-15(12)13)11-17-9-2-3-10-17/h4-6,14,16H,2-3,7-11H2,1H3. The van der Waals surface area contributed by atoms with Crippen molar-refractivity contribution >= 4 is 5.69 Å². The van der Waals surface area contributed by atoms with Gasteiger partial charge in [-0.25, -0.2) is 0 Å². The van der Waals surface area contributed by atoms with Gasteiger partial charge >= 0.3 is 0 Å². The zero-order valence-electron chi connectivity index (χ0n) is 10.7. The second-order valence-electron chi connectivity index (χ2n) is 5.50. The Morgan fingerprint density at radius 3 is 2.94 bits per heavy atom. The number of hydrogen-bond donors (Lipinski definition) is 1. The van der Waals surface area contributed by atoms with Crippen molar-refractivity contribution in [3.63, 3.8) is 0 Å². The van der Waals surface area contributed by atoms with Crippen molar-refractivity contribution in [1.82, 2.24) is 4.90 Å². The van der Waals surface area contributed by atoms with Crippen molar-refractivity contribution in [3.8, 4) is 0 Å². The van der Waals surface area contributed by atoms with Gasteiger partial charge in [0, 0.05) is 18.3 Å². The largest absolute Gasteiger partial charge is 0.381 e. The van der Waals surface area contributed by atoms with Gasteiger partial charge in [0.1, 0.15) is 0 Å². The lowest BCUT2D eigenvalue weighted by atomic mass is 9.95. The van der Waals surface area contributed by atoms with Crippen LogP contribution in [0.4, 0.5) is 5.69 Å². The van der Waals surface area contributed by atoms with E-state index < -0.39 is 0 Å². The summed E-state index contributed by atoms with van der Waals surface area (Å²) in [5.41, 5.74) is 4.30. The normalized spacial score (nSPS) is 24.4. The molecule has 1 aromatic carbocycles. The SMILES string of the molecule is Cc1cccc2c1NC(CN1CCCC1)CC2. The maximum atomic E-state index is 3.75. The molecule has 92 valence electrons. The predicted octanol–water partition coefficient (Wildman–Crippen LogP) is 2.82. The van der Waals surface area contributed by atoms with Crippen LogP contribution in [-0.4, -0.2) is 30.6 Å². The molecule has 2 heterocycles. The van der Waals surface area contributed by atoms with E-state index in [1.165, 1.54) is 62.1 Å². The average molecular weight is 230 g/mol. The first-order chi connectivity index (χ1) is 8.33. The number of hydrogen-bond acceptors (Lipinski definition) is 2. The lowest BCUT2D eigenvalue weighted by Gasteiger charge is -2.31. The molecule has 1 fully saturated rings. The molecule has 1 atom stereocenters. The molecule has 1 saturated heterocycles. The number of fused-ring (bicyclic) bond motifs is 1. The number of nitrogens with one attached hydrogen (secondary N) is 1. The van der Waals surface area contributed by atoms with Gasteiger partial charge in [0.15, 0.2) is 0 Å². The van der Waals surface area contributed by atoms with Gasteiger partial charge in [0.25, 0.3) is 0 Å². The highest BCUT2D eigenvalue weighted by molar-refractivity contribution is 5.59. The number of nitrogens with zero attached hydrogens (tertiary/aromatic N) is 1. The van der Waals surface area contributed by atoms with E-state index in [2.05, 4.69) is 35.3 Å². The maximum absolute atomic E-state index is 3.75. The van der Waals surface area contributed by atoms with Crippen LogP contribution in [-0.2, 0) is 6.42 Å². The second-order valence-corrected chi connectivity index (χ2v) is 5.50. The molecular weight excluding hydrogens is 208 g/mol. The Balaban J connectivity index is 1.69. The monoisotopic (exact) mass is 230 g/mol. The zero-order chi connectivity index (χ0) is 11.7. The molecule has 0 aromatic heterocycles. The Hall–Kier alpha value is -1.02. The van der Waals surface area contributed by atoms with E-state index in [1.807, 2.05) is 0 Å². The number of likely N-dealkylation sites (tertiary alicyclic amines) is 1. The molecule has 0 amide bonds. The molecule has 2 aliphatic rings. The van der Waals surface area contributed by atoms with E-state index in [1.54, 1.807) is 0 Å². The van der Waals surface area contributed by atoms with Crippen molar-refractivity contribution in [2.24, 2.45) is 0 Å². The molecule has 17 heavy (non-hydrogen) atoms. The van der Waals surface area contributed by atoms with Crippen LogP contribution in [0.1, 0.15) is 30.4 Å². The van der Waals surface area contributed by atoms with Crippen molar-refractivity contribution in [1.29, 1.82) is 0 Å². The highest BCUT2D eigenvalue weighted by atomic mass is 15.2. The minimum atomic E-state index is 0.654. The summed E-state index contributed by atoms with van der Waals surface area (Å²) < 4.78 is 0. The third kappa shape index (κ3) is 2.32. The van der Waals surface area contributed by atoms with Crippen LogP contribution in [0.2, 0.25) is 0 Å². The molecule has 1 aromatic rings. The van der Waals surface area contributed by atoms with E-state index in [-0.39, 0.29) is 0 Å². The van der Waals surface area contributed by atoms with E-state index in [4.69, 9.17) is 0 Å². The number of benzene rings is 1. The molecule has 0 bridgehead atoms. The van der Waals surface area contributed by atoms with Crippen LogP contribution in [0.15, 0.2) is 18.2 Å². The van der Waals surface area contributed by atoms with Gasteiger partial charge in [0.2, 0.25) is 0 Å². The second kappa shape index (κ2) is 4.69. The molecule has 3 rings (SSSR count). The third-order valence-electron chi connectivity index (χ3n) is 4.15. The van der Waals surface area contributed by atoms with Crippen LogP contribution in [0.25, 0.3) is 0 Å². The van der Waals surface area contributed by atoms with Crippen molar-refractivity contribution < 1.29 is 0 Å². The average Bonchev–Trinajstić information content (AvgIpc) is 2.83. The van der Waals surface area contributed by atoms with Gasteiger partial charge in [-0.15, -0.1) is 0 Å². The number of aryl methyl sites for hydroxylation is 2. The molecule has 0 saturated carbocycles. The van der Waals surface area contributed by atoms with Gasteiger partial charge in [-0.1, -0.05) is 18.2 Å². The van der Waals surface area contributed by atoms with Crippen molar-refractivity contribution in [3.05, 3.63) is 29.3 Å². The Morgan fingerprint density at radius 2 is 2.12 bits per heavy atom. The van der Waals surface area contributed by atoms with E-state index in [0.717, 1.165) is 0 Å². The molecule has 1 unspecified atom stereocenters. The first kappa shape index (κ1) is 11.1. The smallest absolute Gasteiger partial charge is 0.0405 e. The highest BCUT2D eigenvalue weighted by Crippen LogP contribution is 2.28. The summed E-state index contributed by atoms with van der Waals surface area (Å²) in [6.07, 6.45) is 5.31. The first-order valence-corrected chi connectivity index (χ1v) is 6.90. The fourth-order valence-corrected chi connectivity index (χ4v) is 3.16. The minimum Gasteiger partial charge on any atom is -0.381 e. The fourth-order valence-electron chi connectivity index (χ4n) is 3.16. The van der Waals surface area contributed by atoms with Gasteiger partial charge in [-0.05, 0) is 56.8 Å². The molecule has 1 N–H and O–H groups in total. The van der Waals surface area contributed by atoms with Gasteiger partial charge in [-0.2, -0.15) is 0 Å². The summed E-state index contributed by atoms with van der Waals surface area (Å²) in [4.78, 5) is 2.61. The molecule has 0 radical (unpaired) electrons. The number of para-hydroxylation sites is 1. The quantitative estimate of drug-likeness (QED) is 0.840. The lowest BCUT2D eigenvalue weighted by molar-refractivity contribution is 0.314. The lowest BCUT2D eigenvalue weighted by Crippen LogP contribution is -2.37. The van der Waals surface area contributed by atoms with E-state index in [0.29, 0.717) is 6.04 Å². The number of anilines is 1. The van der Waals surface area contributed by atoms with Crippen molar-refractivity contribution in [2.45, 2.75) is 38.6 Å².